The van der Waals surface area contributed by atoms with Gasteiger partial charge in [-0.25, -0.2) is 18.4 Å². The average molecular weight is 326 g/mol. The van der Waals surface area contributed by atoms with Crippen molar-refractivity contribution < 1.29 is 18.3 Å². The number of rotatable bonds is 5. The van der Waals surface area contributed by atoms with E-state index in [1.54, 1.807) is 11.3 Å². The summed E-state index contributed by atoms with van der Waals surface area (Å²) < 4.78 is 22.6. The minimum atomic E-state index is -3.94. The van der Waals surface area contributed by atoms with Gasteiger partial charge in [0.05, 0.1) is 16.5 Å². The number of nitrogens with two attached hydrogens (primary N) is 1. The number of nitrogens with one attached hydrogen (secondary N) is 1. The van der Waals surface area contributed by atoms with Crippen LogP contribution in [-0.2, 0) is 10.0 Å². The second kappa shape index (κ2) is 5.84. The normalized spacial score (nSPS) is 12.9. The molecule has 0 aliphatic carbocycles. The summed E-state index contributed by atoms with van der Waals surface area (Å²) in [5.41, 5.74) is 0.209. The van der Waals surface area contributed by atoms with Crippen molar-refractivity contribution in [3.8, 4) is 0 Å². The minimum absolute atomic E-state index is 0.0940. The Morgan fingerprint density at radius 3 is 2.62 bits per heavy atom. The third kappa shape index (κ3) is 3.60. The Morgan fingerprint density at radius 1 is 1.38 bits per heavy atom. The molecule has 2 rings (SSSR count). The van der Waals surface area contributed by atoms with E-state index in [9.17, 15) is 18.3 Å². The summed E-state index contributed by atoms with van der Waals surface area (Å²) in [6, 6.07) is 7.49. The molecule has 0 aliphatic rings. The molecule has 0 spiro atoms. The first kappa shape index (κ1) is 15.5. The molecule has 0 amide bonds. The van der Waals surface area contributed by atoms with Crippen molar-refractivity contribution in [3.63, 3.8) is 0 Å². The zero-order valence-corrected chi connectivity index (χ0v) is 12.7. The molecule has 4 N–H and O–H groups in total. The van der Waals surface area contributed by atoms with Crippen molar-refractivity contribution in [1.82, 2.24) is 0 Å². The number of carbonyl (C=O) groups is 1. The summed E-state index contributed by atoms with van der Waals surface area (Å²) in [4.78, 5) is 12.1. The lowest BCUT2D eigenvalue weighted by molar-refractivity contribution is 0.0697. The van der Waals surface area contributed by atoms with Gasteiger partial charge in [0.1, 0.15) is 0 Å². The van der Waals surface area contributed by atoms with Crippen LogP contribution in [0.2, 0.25) is 0 Å². The lowest BCUT2D eigenvalue weighted by Crippen LogP contribution is -2.15. The first-order chi connectivity index (χ1) is 9.79. The van der Waals surface area contributed by atoms with Gasteiger partial charge >= 0.3 is 5.97 Å². The molecule has 0 saturated carbocycles. The second-order valence-electron chi connectivity index (χ2n) is 4.44. The maximum absolute atomic E-state index is 11.3. The average Bonchev–Trinajstić information content (AvgIpc) is 2.91. The molecule has 2 aromatic rings. The SMILES string of the molecule is CC(Nc1ccc(S(N)(=O)=O)cc1C(=O)O)c1cccs1. The molecule has 1 unspecified atom stereocenters. The molecule has 1 aromatic carbocycles. The second-order valence-corrected chi connectivity index (χ2v) is 6.98. The topological polar surface area (TPSA) is 109 Å². The Kier molecular flexibility index (Phi) is 4.31. The van der Waals surface area contributed by atoms with Crippen molar-refractivity contribution >= 4 is 33.0 Å². The number of hydrogen-bond donors (Lipinski definition) is 3. The van der Waals surface area contributed by atoms with E-state index in [0.717, 1.165) is 10.9 Å². The van der Waals surface area contributed by atoms with Gasteiger partial charge in [-0.3, -0.25) is 0 Å². The smallest absolute Gasteiger partial charge is 0.337 e. The molecule has 6 nitrogen and oxygen atoms in total. The Hall–Kier alpha value is -1.90. The molecule has 1 atom stereocenters. The number of primary sulfonamides is 1. The van der Waals surface area contributed by atoms with Crippen LogP contribution < -0.4 is 10.5 Å². The fraction of sp³-hybridized carbons (Fsp3) is 0.154. The number of thiophene rings is 1. The lowest BCUT2D eigenvalue weighted by atomic mass is 10.1. The van der Waals surface area contributed by atoms with E-state index >= 15 is 0 Å². The molecular formula is C13H14N2O4S2. The third-order valence-corrected chi connectivity index (χ3v) is 4.86. The monoisotopic (exact) mass is 326 g/mol. The van der Waals surface area contributed by atoms with Crippen molar-refractivity contribution in [2.24, 2.45) is 5.14 Å². The summed E-state index contributed by atoms with van der Waals surface area (Å²) in [6.45, 7) is 1.89. The highest BCUT2D eigenvalue weighted by Gasteiger charge is 2.17. The molecule has 0 bridgehead atoms. The predicted octanol–water partition coefficient (Wildman–Crippen LogP) is 2.27. The van der Waals surface area contributed by atoms with Crippen LogP contribution in [0.25, 0.3) is 0 Å². The van der Waals surface area contributed by atoms with Gasteiger partial charge in [0.25, 0.3) is 0 Å². The summed E-state index contributed by atoms with van der Waals surface area (Å²) in [6.07, 6.45) is 0. The molecule has 0 aliphatic heterocycles. The van der Waals surface area contributed by atoms with Gasteiger partial charge in [-0.2, -0.15) is 0 Å². The van der Waals surface area contributed by atoms with Gasteiger partial charge in [-0.1, -0.05) is 6.07 Å². The van der Waals surface area contributed by atoms with Crippen LogP contribution in [0, 0.1) is 0 Å². The zero-order valence-electron chi connectivity index (χ0n) is 11.1. The van der Waals surface area contributed by atoms with Gasteiger partial charge in [0.2, 0.25) is 10.0 Å². The molecule has 1 heterocycles. The standard InChI is InChI=1S/C13H14N2O4S2/c1-8(12-3-2-6-20-12)15-11-5-4-9(21(14,18)19)7-10(11)13(16)17/h2-8,15H,1H3,(H,16,17)(H2,14,18,19). The van der Waals surface area contributed by atoms with Crippen molar-refractivity contribution in [1.29, 1.82) is 0 Å². The highest BCUT2D eigenvalue weighted by atomic mass is 32.2. The third-order valence-electron chi connectivity index (χ3n) is 2.89. The molecule has 8 heteroatoms. The predicted molar refractivity (Wildman–Crippen MR) is 81.1 cm³/mol. The zero-order chi connectivity index (χ0) is 15.6. The van der Waals surface area contributed by atoms with E-state index in [-0.39, 0.29) is 16.5 Å². The van der Waals surface area contributed by atoms with Gasteiger partial charge in [-0.05, 0) is 36.6 Å². The van der Waals surface area contributed by atoms with E-state index in [0.29, 0.717) is 5.69 Å². The van der Waals surface area contributed by atoms with Crippen LogP contribution in [0.1, 0.15) is 28.2 Å². The quantitative estimate of drug-likeness (QED) is 0.781. The van der Waals surface area contributed by atoms with Crippen molar-refractivity contribution in [3.05, 3.63) is 46.2 Å². The highest BCUT2D eigenvalue weighted by Crippen LogP contribution is 2.26. The van der Waals surface area contributed by atoms with Crippen LogP contribution in [0.15, 0.2) is 40.6 Å². The van der Waals surface area contributed by atoms with E-state index < -0.39 is 16.0 Å². The fourth-order valence-electron chi connectivity index (χ4n) is 1.85. The molecule has 21 heavy (non-hydrogen) atoms. The van der Waals surface area contributed by atoms with Gasteiger partial charge in [0, 0.05) is 10.6 Å². The summed E-state index contributed by atoms with van der Waals surface area (Å²) >= 11 is 1.55. The van der Waals surface area contributed by atoms with Crippen LogP contribution >= 0.6 is 11.3 Å². The fourth-order valence-corrected chi connectivity index (χ4v) is 3.12. The van der Waals surface area contributed by atoms with Crippen LogP contribution in [0.3, 0.4) is 0 Å². The lowest BCUT2D eigenvalue weighted by Gasteiger charge is -2.16. The molecule has 112 valence electrons. The van der Waals surface area contributed by atoms with Crippen LogP contribution in [-0.4, -0.2) is 19.5 Å². The first-order valence-corrected chi connectivity index (χ1v) is 8.41. The number of aromatic carboxylic acids is 1. The first-order valence-electron chi connectivity index (χ1n) is 5.99. The van der Waals surface area contributed by atoms with Crippen LogP contribution in [0.5, 0.6) is 0 Å². The Balaban J connectivity index is 2.38. The number of sulfonamides is 1. The summed E-state index contributed by atoms with van der Waals surface area (Å²) in [7, 11) is -3.94. The molecule has 0 radical (unpaired) electrons. The molecule has 0 fully saturated rings. The van der Waals surface area contributed by atoms with Crippen molar-refractivity contribution in [2.75, 3.05) is 5.32 Å². The van der Waals surface area contributed by atoms with E-state index in [2.05, 4.69) is 5.32 Å². The summed E-state index contributed by atoms with van der Waals surface area (Å²) in [5.74, 6) is -1.22. The molecule has 1 aromatic heterocycles. The van der Waals surface area contributed by atoms with Crippen LogP contribution in [0.4, 0.5) is 5.69 Å². The number of benzene rings is 1. The number of carboxylic acid groups (broad SMARTS) is 1. The van der Waals surface area contributed by atoms with Gasteiger partial charge in [-0.15, -0.1) is 11.3 Å². The van der Waals surface area contributed by atoms with E-state index in [1.807, 2.05) is 24.4 Å². The Labute approximate surface area is 126 Å². The summed E-state index contributed by atoms with van der Waals surface area (Å²) in [5, 5.41) is 19.2. The Bertz CT molecular complexity index is 754. The highest BCUT2D eigenvalue weighted by molar-refractivity contribution is 7.89. The minimum Gasteiger partial charge on any atom is -0.478 e. The number of hydrogen-bond acceptors (Lipinski definition) is 5. The maximum atomic E-state index is 11.3. The largest absolute Gasteiger partial charge is 0.478 e. The molecule has 0 saturated heterocycles. The maximum Gasteiger partial charge on any atom is 0.337 e. The van der Waals surface area contributed by atoms with Crippen molar-refractivity contribution in [2.45, 2.75) is 17.9 Å². The number of anilines is 1. The van der Waals surface area contributed by atoms with Gasteiger partial charge in [0.15, 0.2) is 0 Å². The number of carboxylic acids is 1. The van der Waals surface area contributed by atoms with E-state index in [1.165, 1.54) is 12.1 Å². The van der Waals surface area contributed by atoms with E-state index in [4.69, 9.17) is 5.14 Å². The van der Waals surface area contributed by atoms with Gasteiger partial charge < -0.3 is 10.4 Å². The Morgan fingerprint density at radius 2 is 2.10 bits per heavy atom. The molecular weight excluding hydrogens is 312 g/mol.